The van der Waals surface area contributed by atoms with Crippen LogP contribution in [0.1, 0.15) is 0 Å². The van der Waals surface area contributed by atoms with Crippen molar-refractivity contribution in [3.8, 4) is 22.8 Å². The van der Waals surface area contributed by atoms with Gasteiger partial charge in [-0.25, -0.2) is 0 Å². The van der Waals surface area contributed by atoms with Gasteiger partial charge >= 0.3 is 0 Å². The number of anilines is 1. The third kappa shape index (κ3) is 3.07. The summed E-state index contributed by atoms with van der Waals surface area (Å²) in [6, 6.07) is 8.92. The molecule has 0 aliphatic rings. The van der Waals surface area contributed by atoms with Gasteiger partial charge in [0.2, 0.25) is 0 Å². The number of rotatable bonds is 6. The van der Waals surface area contributed by atoms with Crippen LogP contribution in [-0.2, 0) is 11.3 Å². The van der Waals surface area contributed by atoms with Gasteiger partial charge in [0.15, 0.2) is 11.5 Å². The zero-order chi connectivity index (χ0) is 16.1. The SMILES string of the molecule is COCCn1c(-c2ccc(OC)c(OC)c2)ccc(N)c1=O. The van der Waals surface area contributed by atoms with Gasteiger partial charge < -0.3 is 24.5 Å². The molecule has 0 atom stereocenters. The molecule has 0 fully saturated rings. The monoisotopic (exact) mass is 304 g/mol. The number of hydrogen-bond donors (Lipinski definition) is 1. The lowest BCUT2D eigenvalue weighted by Crippen LogP contribution is -2.25. The minimum absolute atomic E-state index is 0.209. The Morgan fingerprint density at radius 1 is 1.05 bits per heavy atom. The standard InChI is InChI=1S/C16H20N2O4/c1-20-9-8-18-13(6-5-12(17)16(18)19)11-4-7-14(21-2)15(10-11)22-3/h4-7,10H,8-9,17H2,1-3H3. The van der Waals surface area contributed by atoms with Crippen LogP contribution in [0.3, 0.4) is 0 Å². The highest BCUT2D eigenvalue weighted by Crippen LogP contribution is 2.32. The molecule has 0 unspecified atom stereocenters. The molecule has 0 bridgehead atoms. The van der Waals surface area contributed by atoms with E-state index in [0.717, 1.165) is 11.3 Å². The van der Waals surface area contributed by atoms with Crippen molar-refractivity contribution in [1.29, 1.82) is 0 Å². The first-order valence-electron chi connectivity index (χ1n) is 6.83. The van der Waals surface area contributed by atoms with Crippen LogP contribution >= 0.6 is 0 Å². The van der Waals surface area contributed by atoms with E-state index in [2.05, 4.69) is 0 Å². The van der Waals surface area contributed by atoms with E-state index in [4.69, 9.17) is 19.9 Å². The van der Waals surface area contributed by atoms with Crippen LogP contribution in [0.5, 0.6) is 11.5 Å². The van der Waals surface area contributed by atoms with Crippen molar-refractivity contribution in [2.24, 2.45) is 0 Å². The predicted octanol–water partition coefficient (Wildman–Crippen LogP) is 1.76. The molecule has 0 saturated heterocycles. The first kappa shape index (κ1) is 15.9. The average Bonchev–Trinajstić information content (AvgIpc) is 2.55. The molecule has 1 aromatic carbocycles. The van der Waals surface area contributed by atoms with Crippen LogP contribution in [0.4, 0.5) is 5.69 Å². The number of methoxy groups -OCH3 is 3. The molecule has 2 N–H and O–H groups in total. The number of benzene rings is 1. The van der Waals surface area contributed by atoms with E-state index in [-0.39, 0.29) is 11.2 Å². The second-order valence-electron chi connectivity index (χ2n) is 4.69. The molecule has 2 aromatic rings. The molecule has 22 heavy (non-hydrogen) atoms. The van der Waals surface area contributed by atoms with Crippen molar-refractivity contribution in [1.82, 2.24) is 4.57 Å². The van der Waals surface area contributed by atoms with Crippen molar-refractivity contribution < 1.29 is 14.2 Å². The summed E-state index contributed by atoms with van der Waals surface area (Å²) in [5.74, 6) is 1.23. The summed E-state index contributed by atoms with van der Waals surface area (Å²) in [7, 11) is 4.74. The summed E-state index contributed by atoms with van der Waals surface area (Å²) in [5, 5.41) is 0. The Labute approximate surface area is 129 Å². The Bertz CT molecular complexity index is 710. The van der Waals surface area contributed by atoms with Gasteiger partial charge in [-0.3, -0.25) is 4.79 Å². The molecule has 6 nitrogen and oxygen atoms in total. The van der Waals surface area contributed by atoms with Crippen molar-refractivity contribution >= 4 is 5.69 Å². The van der Waals surface area contributed by atoms with Crippen molar-refractivity contribution in [2.75, 3.05) is 33.7 Å². The number of nitrogen functional groups attached to an aromatic ring is 1. The fourth-order valence-electron chi connectivity index (χ4n) is 2.25. The van der Waals surface area contributed by atoms with Crippen LogP contribution in [0, 0.1) is 0 Å². The maximum Gasteiger partial charge on any atom is 0.274 e. The summed E-state index contributed by atoms with van der Waals surface area (Å²) >= 11 is 0. The van der Waals surface area contributed by atoms with Crippen molar-refractivity contribution in [3.05, 3.63) is 40.7 Å². The Morgan fingerprint density at radius 2 is 1.77 bits per heavy atom. The number of hydrogen-bond acceptors (Lipinski definition) is 5. The van der Waals surface area contributed by atoms with Crippen LogP contribution < -0.4 is 20.8 Å². The molecule has 118 valence electrons. The third-order valence-electron chi connectivity index (χ3n) is 3.40. The number of ether oxygens (including phenoxy) is 3. The Morgan fingerprint density at radius 3 is 2.41 bits per heavy atom. The molecule has 1 heterocycles. The van der Waals surface area contributed by atoms with Crippen molar-refractivity contribution in [2.45, 2.75) is 6.54 Å². The summed E-state index contributed by atoms with van der Waals surface area (Å²) < 4.78 is 17.2. The summed E-state index contributed by atoms with van der Waals surface area (Å²) in [5.41, 5.74) is 7.28. The van der Waals surface area contributed by atoms with Crippen LogP contribution in [0.15, 0.2) is 35.1 Å². The largest absolute Gasteiger partial charge is 0.493 e. The van der Waals surface area contributed by atoms with Gasteiger partial charge in [-0.1, -0.05) is 0 Å². The number of nitrogens with two attached hydrogens (primary N) is 1. The van der Waals surface area contributed by atoms with Gasteiger partial charge in [0.25, 0.3) is 5.56 Å². The van der Waals surface area contributed by atoms with E-state index in [9.17, 15) is 4.79 Å². The van der Waals surface area contributed by atoms with E-state index in [1.54, 1.807) is 38.0 Å². The zero-order valence-corrected chi connectivity index (χ0v) is 13.0. The van der Waals surface area contributed by atoms with Crippen LogP contribution in [0.25, 0.3) is 11.3 Å². The van der Waals surface area contributed by atoms with Gasteiger partial charge in [0.05, 0.1) is 32.2 Å². The molecule has 1 aromatic heterocycles. The molecule has 6 heteroatoms. The maximum absolute atomic E-state index is 12.3. The van der Waals surface area contributed by atoms with Gasteiger partial charge in [-0.15, -0.1) is 0 Å². The number of pyridine rings is 1. The van der Waals surface area contributed by atoms with Crippen LogP contribution in [0.2, 0.25) is 0 Å². The quantitative estimate of drug-likeness (QED) is 0.880. The first-order valence-corrected chi connectivity index (χ1v) is 6.83. The van der Waals surface area contributed by atoms with Gasteiger partial charge in [-0.05, 0) is 30.3 Å². The summed E-state index contributed by atoms with van der Waals surface area (Å²) in [4.78, 5) is 12.3. The molecule has 0 amide bonds. The fourth-order valence-corrected chi connectivity index (χ4v) is 2.25. The van der Waals surface area contributed by atoms with Crippen LogP contribution in [-0.4, -0.2) is 32.5 Å². The zero-order valence-electron chi connectivity index (χ0n) is 13.0. The van der Waals surface area contributed by atoms with E-state index < -0.39 is 0 Å². The summed E-state index contributed by atoms with van der Waals surface area (Å²) in [6.45, 7) is 0.841. The van der Waals surface area contributed by atoms with Gasteiger partial charge in [-0.2, -0.15) is 0 Å². The Kier molecular flexibility index (Phi) is 5.06. The second-order valence-corrected chi connectivity index (χ2v) is 4.69. The van der Waals surface area contributed by atoms with E-state index in [1.165, 1.54) is 0 Å². The highest BCUT2D eigenvalue weighted by molar-refractivity contribution is 5.65. The molecule has 0 spiro atoms. The van der Waals surface area contributed by atoms with Crippen molar-refractivity contribution in [3.63, 3.8) is 0 Å². The van der Waals surface area contributed by atoms with Gasteiger partial charge in [0.1, 0.15) is 0 Å². The highest BCUT2D eigenvalue weighted by atomic mass is 16.5. The maximum atomic E-state index is 12.3. The predicted molar refractivity (Wildman–Crippen MR) is 85.5 cm³/mol. The molecule has 0 saturated carbocycles. The van der Waals surface area contributed by atoms with Gasteiger partial charge in [0, 0.05) is 19.2 Å². The van der Waals surface area contributed by atoms with E-state index in [1.807, 2.05) is 18.2 Å². The molecular formula is C16H20N2O4. The molecule has 2 rings (SSSR count). The number of aromatic nitrogens is 1. The van der Waals surface area contributed by atoms with E-state index in [0.29, 0.717) is 24.7 Å². The highest BCUT2D eigenvalue weighted by Gasteiger charge is 2.12. The first-order chi connectivity index (χ1) is 10.6. The lowest BCUT2D eigenvalue weighted by atomic mass is 10.1. The smallest absolute Gasteiger partial charge is 0.274 e. The lowest BCUT2D eigenvalue weighted by molar-refractivity contribution is 0.186. The Hall–Kier alpha value is -2.47. The second kappa shape index (κ2) is 7.00. The molecule has 0 aliphatic carbocycles. The molecule has 0 radical (unpaired) electrons. The normalized spacial score (nSPS) is 10.5. The molecular weight excluding hydrogens is 284 g/mol. The number of nitrogens with zero attached hydrogens (tertiary/aromatic N) is 1. The lowest BCUT2D eigenvalue weighted by Gasteiger charge is -2.15. The molecule has 0 aliphatic heterocycles. The third-order valence-corrected chi connectivity index (χ3v) is 3.40. The summed E-state index contributed by atoms with van der Waals surface area (Å²) in [6.07, 6.45) is 0. The fraction of sp³-hybridized carbons (Fsp3) is 0.312. The average molecular weight is 304 g/mol. The topological polar surface area (TPSA) is 75.7 Å². The minimum Gasteiger partial charge on any atom is -0.493 e. The minimum atomic E-state index is -0.232. The Balaban J connectivity index is 2.56. The van der Waals surface area contributed by atoms with E-state index >= 15 is 0 Å².